The number of carbonyl (C=O) groups is 2. The lowest BCUT2D eigenvalue weighted by Crippen LogP contribution is -2.33. The van der Waals surface area contributed by atoms with Crippen LogP contribution in [0.25, 0.3) is 0 Å². The van der Waals surface area contributed by atoms with E-state index in [-0.39, 0.29) is 5.69 Å². The van der Waals surface area contributed by atoms with Gasteiger partial charge < -0.3 is 10.1 Å². The van der Waals surface area contributed by atoms with E-state index in [0.29, 0.717) is 11.5 Å². The zero-order valence-electron chi connectivity index (χ0n) is 13.2. The molecule has 0 atom stereocenters. The molecule has 0 spiro atoms. The number of hydrogen-bond acceptors (Lipinski definition) is 4. The van der Waals surface area contributed by atoms with Gasteiger partial charge in [0.25, 0.3) is 0 Å². The molecule has 0 heterocycles. The van der Waals surface area contributed by atoms with Crippen molar-refractivity contribution < 1.29 is 18.7 Å². The quantitative estimate of drug-likeness (QED) is 0.513. The molecule has 0 fully saturated rings. The summed E-state index contributed by atoms with van der Waals surface area (Å²) in [6.07, 6.45) is 0. The van der Waals surface area contributed by atoms with Crippen molar-refractivity contribution in [3.05, 3.63) is 59.9 Å². The molecule has 2 N–H and O–H groups in total. The Morgan fingerprint density at radius 3 is 2.33 bits per heavy atom. The number of hydrogen-bond donors (Lipinski definition) is 2. The molecule has 0 saturated heterocycles. The maximum atomic E-state index is 13.4. The highest BCUT2D eigenvalue weighted by atomic mass is 19.1. The third kappa shape index (κ3) is 4.39. The van der Waals surface area contributed by atoms with Crippen molar-refractivity contribution in [2.75, 3.05) is 12.4 Å². The number of hydrazone groups is 1. The Morgan fingerprint density at radius 2 is 1.71 bits per heavy atom. The van der Waals surface area contributed by atoms with Gasteiger partial charge in [-0.25, -0.2) is 9.82 Å². The molecule has 2 rings (SSSR count). The third-order valence-electron chi connectivity index (χ3n) is 3.16. The van der Waals surface area contributed by atoms with E-state index in [9.17, 15) is 14.0 Å². The molecule has 0 bridgehead atoms. The van der Waals surface area contributed by atoms with Crippen LogP contribution in [0.1, 0.15) is 12.5 Å². The molecule has 7 heteroatoms. The van der Waals surface area contributed by atoms with Gasteiger partial charge in [0.15, 0.2) is 0 Å². The smallest absolute Gasteiger partial charge is 0.329 e. The maximum absolute atomic E-state index is 13.4. The van der Waals surface area contributed by atoms with E-state index in [0.717, 1.165) is 5.56 Å². The van der Waals surface area contributed by atoms with Crippen LogP contribution in [0, 0.1) is 5.82 Å². The molecule has 124 valence electrons. The van der Waals surface area contributed by atoms with E-state index in [2.05, 4.69) is 15.8 Å². The van der Waals surface area contributed by atoms with Gasteiger partial charge in [0, 0.05) is 0 Å². The van der Waals surface area contributed by atoms with Gasteiger partial charge in [-0.2, -0.15) is 5.10 Å². The van der Waals surface area contributed by atoms with Crippen LogP contribution in [0.15, 0.2) is 53.6 Å². The Morgan fingerprint density at radius 1 is 1.04 bits per heavy atom. The number of benzene rings is 2. The number of rotatable bonds is 4. The predicted molar refractivity (Wildman–Crippen MR) is 88.4 cm³/mol. The number of methoxy groups -OCH3 is 1. The number of para-hydroxylation sites is 1. The lowest BCUT2D eigenvalue weighted by Gasteiger charge is -2.06. The fourth-order valence-corrected chi connectivity index (χ4v) is 1.82. The van der Waals surface area contributed by atoms with Crippen molar-refractivity contribution in [2.45, 2.75) is 6.92 Å². The second-order valence-electron chi connectivity index (χ2n) is 4.80. The van der Waals surface area contributed by atoms with Gasteiger partial charge in [-0.3, -0.25) is 9.59 Å². The lowest BCUT2D eigenvalue weighted by atomic mass is 10.1. The predicted octanol–water partition coefficient (Wildman–Crippen LogP) is 2.31. The van der Waals surface area contributed by atoms with Gasteiger partial charge in [0.1, 0.15) is 11.6 Å². The van der Waals surface area contributed by atoms with Gasteiger partial charge in [0.2, 0.25) is 0 Å². The van der Waals surface area contributed by atoms with Crippen LogP contribution in [0.4, 0.5) is 10.1 Å². The van der Waals surface area contributed by atoms with Crippen LogP contribution in [0.3, 0.4) is 0 Å². The number of ether oxygens (including phenoxy) is 1. The Balaban J connectivity index is 1.97. The molecule has 0 aliphatic carbocycles. The third-order valence-corrected chi connectivity index (χ3v) is 3.16. The number of halogens is 1. The minimum atomic E-state index is -1.01. The molecular formula is C17H16FN3O3. The maximum Gasteiger partial charge on any atom is 0.329 e. The van der Waals surface area contributed by atoms with Crippen LogP contribution in [0.2, 0.25) is 0 Å². The monoisotopic (exact) mass is 329 g/mol. The summed E-state index contributed by atoms with van der Waals surface area (Å²) in [6.45, 7) is 1.68. The van der Waals surface area contributed by atoms with E-state index in [1.165, 1.54) is 18.2 Å². The van der Waals surface area contributed by atoms with Crippen LogP contribution in [-0.4, -0.2) is 24.6 Å². The minimum absolute atomic E-state index is 0.0755. The molecule has 0 aromatic heterocycles. The van der Waals surface area contributed by atoms with E-state index >= 15 is 0 Å². The number of anilines is 1. The Bertz CT molecular complexity index is 773. The normalized spacial score (nSPS) is 10.9. The molecule has 24 heavy (non-hydrogen) atoms. The Hall–Kier alpha value is -3.22. The number of nitrogens with one attached hydrogen (secondary N) is 2. The first-order chi connectivity index (χ1) is 11.5. The zero-order chi connectivity index (χ0) is 17.5. The number of amides is 2. The van der Waals surface area contributed by atoms with E-state index in [4.69, 9.17) is 4.74 Å². The van der Waals surface area contributed by atoms with Crippen LogP contribution in [0.5, 0.6) is 5.75 Å². The minimum Gasteiger partial charge on any atom is -0.497 e. The topological polar surface area (TPSA) is 79.8 Å². The summed E-state index contributed by atoms with van der Waals surface area (Å²) in [5.41, 5.74) is 3.32. The standard InChI is InChI=1S/C17H16FN3O3/c1-11(12-7-9-13(24-2)10-8-12)20-21-17(23)16(22)19-15-6-4-3-5-14(15)18/h3-10H,1-2H3,(H,19,22)(H,21,23)/b20-11+. The summed E-state index contributed by atoms with van der Waals surface area (Å²) in [7, 11) is 1.56. The molecule has 6 nitrogen and oxygen atoms in total. The zero-order valence-corrected chi connectivity index (χ0v) is 13.2. The van der Waals surface area contributed by atoms with Crippen molar-refractivity contribution in [1.29, 1.82) is 0 Å². The SMILES string of the molecule is COc1ccc(/C(C)=N/NC(=O)C(=O)Nc2ccccc2F)cc1. The summed E-state index contributed by atoms with van der Waals surface area (Å²) in [6, 6.07) is 12.6. The Labute approximate surface area is 138 Å². The molecule has 0 saturated carbocycles. The summed E-state index contributed by atoms with van der Waals surface area (Å²) < 4.78 is 18.5. The second-order valence-corrected chi connectivity index (χ2v) is 4.80. The van der Waals surface area contributed by atoms with E-state index in [1.807, 2.05) is 0 Å². The fraction of sp³-hybridized carbons (Fsp3) is 0.118. The molecule has 0 unspecified atom stereocenters. The van der Waals surface area contributed by atoms with Crippen LogP contribution >= 0.6 is 0 Å². The molecular weight excluding hydrogens is 313 g/mol. The van der Waals surface area contributed by atoms with Crippen molar-refractivity contribution in [1.82, 2.24) is 5.43 Å². The fourth-order valence-electron chi connectivity index (χ4n) is 1.82. The van der Waals surface area contributed by atoms with Crippen molar-refractivity contribution in [3.8, 4) is 5.75 Å². The van der Waals surface area contributed by atoms with Gasteiger partial charge in [-0.15, -0.1) is 0 Å². The second kappa shape index (κ2) is 7.87. The molecule has 2 aromatic rings. The largest absolute Gasteiger partial charge is 0.497 e. The van der Waals surface area contributed by atoms with Gasteiger partial charge in [0.05, 0.1) is 18.5 Å². The molecule has 0 aliphatic rings. The first-order valence-electron chi connectivity index (χ1n) is 7.06. The highest BCUT2D eigenvalue weighted by molar-refractivity contribution is 6.39. The summed E-state index contributed by atoms with van der Waals surface area (Å²) in [5.74, 6) is -1.94. The average molecular weight is 329 g/mol. The van der Waals surface area contributed by atoms with Gasteiger partial charge in [-0.05, 0) is 48.9 Å². The van der Waals surface area contributed by atoms with Crippen LogP contribution < -0.4 is 15.5 Å². The highest BCUT2D eigenvalue weighted by Crippen LogP contribution is 2.13. The molecule has 0 aliphatic heterocycles. The Kier molecular flexibility index (Phi) is 5.62. The first kappa shape index (κ1) is 17.1. The van der Waals surface area contributed by atoms with Crippen molar-refractivity contribution in [2.24, 2.45) is 5.10 Å². The average Bonchev–Trinajstić information content (AvgIpc) is 2.61. The lowest BCUT2D eigenvalue weighted by molar-refractivity contribution is -0.136. The van der Waals surface area contributed by atoms with E-state index in [1.54, 1.807) is 44.4 Å². The number of nitrogens with zero attached hydrogens (tertiary/aromatic N) is 1. The van der Waals surface area contributed by atoms with Crippen molar-refractivity contribution in [3.63, 3.8) is 0 Å². The molecule has 2 amide bonds. The highest BCUT2D eigenvalue weighted by Gasteiger charge is 2.15. The summed E-state index contributed by atoms with van der Waals surface area (Å²) in [5, 5.41) is 6.03. The first-order valence-corrected chi connectivity index (χ1v) is 7.06. The summed E-state index contributed by atoms with van der Waals surface area (Å²) in [4.78, 5) is 23.4. The van der Waals surface area contributed by atoms with Crippen LogP contribution in [-0.2, 0) is 9.59 Å². The molecule has 0 radical (unpaired) electrons. The van der Waals surface area contributed by atoms with Gasteiger partial charge >= 0.3 is 11.8 Å². The van der Waals surface area contributed by atoms with E-state index < -0.39 is 17.6 Å². The number of carbonyl (C=O) groups excluding carboxylic acids is 2. The van der Waals surface area contributed by atoms with Gasteiger partial charge in [-0.1, -0.05) is 12.1 Å². The van der Waals surface area contributed by atoms with Crippen molar-refractivity contribution >= 4 is 23.2 Å². The summed E-state index contributed by atoms with van der Waals surface area (Å²) >= 11 is 0. The molecule has 2 aromatic carbocycles.